The lowest BCUT2D eigenvalue weighted by molar-refractivity contribution is 0.465. The summed E-state index contributed by atoms with van der Waals surface area (Å²) in [5.74, 6) is 1.19. The summed E-state index contributed by atoms with van der Waals surface area (Å²) in [6.07, 6.45) is 5.17. The second-order valence-electron chi connectivity index (χ2n) is 3.72. The van der Waals surface area contributed by atoms with Gasteiger partial charge in [0, 0.05) is 24.3 Å². The summed E-state index contributed by atoms with van der Waals surface area (Å²) in [6, 6.07) is 9.53. The van der Waals surface area contributed by atoms with Crippen molar-refractivity contribution in [2.45, 2.75) is 11.0 Å². The molecule has 0 radical (unpaired) electrons. The van der Waals surface area contributed by atoms with Crippen molar-refractivity contribution in [1.29, 1.82) is 0 Å². The summed E-state index contributed by atoms with van der Waals surface area (Å²) in [4.78, 5) is 8.26. The molecule has 0 amide bonds. The zero-order valence-corrected chi connectivity index (χ0v) is 10.7. The summed E-state index contributed by atoms with van der Waals surface area (Å²) in [6.45, 7) is 0. The van der Waals surface area contributed by atoms with Gasteiger partial charge in [-0.2, -0.15) is 0 Å². The molecule has 0 saturated carbocycles. The van der Waals surface area contributed by atoms with Gasteiger partial charge >= 0.3 is 0 Å². The molecule has 0 bridgehead atoms. The van der Waals surface area contributed by atoms with Crippen molar-refractivity contribution in [1.82, 2.24) is 20.2 Å². The summed E-state index contributed by atoms with van der Waals surface area (Å²) in [5.41, 5.74) is 1.80. The van der Waals surface area contributed by atoms with E-state index in [1.54, 1.807) is 18.6 Å². The Morgan fingerprint density at radius 2 is 2.05 bits per heavy atom. The van der Waals surface area contributed by atoms with Crippen LogP contribution in [0.1, 0.15) is 5.69 Å². The molecule has 0 N–H and O–H groups in total. The molecule has 0 fully saturated rings. The van der Waals surface area contributed by atoms with Crippen LogP contribution in [0.2, 0.25) is 0 Å². The van der Waals surface area contributed by atoms with Gasteiger partial charge in [0.2, 0.25) is 5.89 Å². The number of pyridine rings is 2. The van der Waals surface area contributed by atoms with Crippen LogP contribution in [0, 0.1) is 0 Å². The molecule has 3 rings (SSSR count). The van der Waals surface area contributed by atoms with Crippen LogP contribution in [0.4, 0.5) is 0 Å². The topological polar surface area (TPSA) is 64.7 Å². The van der Waals surface area contributed by atoms with Crippen molar-refractivity contribution in [3.05, 3.63) is 54.6 Å². The molecule has 0 aromatic carbocycles. The van der Waals surface area contributed by atoms with Crippen molar-refractivity contribution < 1.29 is 4.42 Å². The van der Waals surface area contributed by atoms with E-state index in [-0.39, 0.29) is 0 Å². The molecule has 3 aromatic rings. The van der Waals surface area contributed by atoms with Gasteiger partial charge in [-0.3, -0.25) is 9.97 Å². The highest BCUT2D eigenvalue weighted by molar-refractivity contribution is 7.98. The van der Waals surface area contributed by atoms with Gasteiger partial charge in [0.15, 0.2) is 0 Å². The van der Waals surface area contributed by atoms with E-state index < -0.39 is 0 Å². The molecule has 0 unspecified atom stereocenters. The van der Waals surface area contributed by atoms with E-state index in [1.165, 1.54) is 11.8 Å². The fourth-order valence-corrected chi connectivity index (χ4v) is 2.17. The lowest BCUT2D eigenvalue weighted by atomic mass is 10.3. The predicted octanol–water partition coefficient (Wildman–Crippen LogP) is 2.82. The minimum atomic E-state index is 0.483. The normalized spacial score (nSPS) is 10.5. The first-order valence-corrected chi connectivity index (χ1v) is 6.67. The number of hydrogen-bond donors (Lipinski definition) is 0. The van der Waals surface area contributed by atoms with Crippen LogP contribution in [-0.4, -0.2) is 20.2 Å². The standard InChI is InChI=1S/C13H10N4OS/c1-2-7-15-11(5-1)9-19-13-17-16-12(18-13)10-4-3-6-14-8-10/h1-8H,9H2. The quantitative estimate of drug-likeness (QED) is 0.679. The fourth-order valence-electron chi connectivity index (χ4n) is 1.49. The van der Waals surface area contributed by atoms with Gasteiger partial charge in [0.1, 0.15) is 0 Å². The van der Waals surface area contributed by atoms with E-state index >= 15 is 0 Å². The van der Waals surface area contributed by atoms with Gasteiger partial charge in [-0.05, 0) is 24.3 Å². The number of nitrogens with zero attached hydrogens (tertiary/aromatic N) is 4. The molecule has 6 heteroatoms. The van der Waals surface area contributed by atoms with Crippen LogP contribution in [0.25, 0.3) is 11.5 Å². The lowest BCUT2D eigenvalue weighted by Crippen LogP contribution is -1.84. The van der Waals surface area contributed by atoms with Crippen molar-refractivity contribution in [2.24, 2.45) is 0 Å². The van der Waals surface area contributed by atoms with Crippen molar-refractivity contribution in [2.75, 3.05) is 0 Å². The summed E-state index contributed by atoms with van der Waals surface area (Å²) >= 11 is 1.47. The zero-order valence-electron chi connectivity index (χ0n) is 9.93. The van der Waals surface area contributed by atoms with Crippen LogP contribution in [-0.2, 0) is 5.75 Å². The largest absolute Gasteiger partial charge is 0.411 e. The van der Waals surface area contributed by atoms with Crippen LogP contribution in [0.15, 0.2) is 58.6 Å². The Labute approximate surface area is 114 Å². The van der Waals surface area contributed by atoms with Crippen molar-refractivity contribution >= 4 is 11.8 Å². The highest BCUT2D eigenvalue weighted by atomic mass is 32.2. The van der Waals surface area contributed by atoms with Crippen LogP contribution in [0.5, 0.6) is 0 Å². The average molecular weight is 270 g/mol. The van der Waals surface area contributed by atoms with Crippen LogP contribution in [0.3, 0.4) is 0 Å². The molecule has 3 aromatic heterocycles. The van der Waals surface area contributed by atoms with E-state index in [0.717, 1.165) is 11.3 Å². The molecule has 0 spiro atoms. The number of thioether (sulfide) groups is 1. The van der Waals surface area contributed by atoms with Crippen LogP contribution < -0.4 is 0 Å². The first-order valence-electron chi connectivity index (χ1n) is 5.68. The van der Waals surface area contributed by atoms with Gasteiger partial charge < -0.3 is 4.42 Å². The molecule has 19 heavy (non-hydrogen) atoms. The number of hydrogen-bond acceptors (Lipinski definition) is 6. The molecule has 3 heterocycles. The molecule has 94 valence electrons. The van der Waals surface area contributed by atoms with Gasteiger partial charge in [-0.25, -0.2) is 0 Å². The van der Waals surface area contributed by atoms with E-state index in [9.17, 15) is 0 Å². The van der Waals surface area contributed by atoms with Gasteiger partial charge in [-0.15, -0.1) is 10.2 Å². The molecule has 0 aliphatic carbocycles. The van der Waals surface area contributed by atoms with E-state index in [1.807, 2.05) is 30.3 Å². The van der Waals surface area contributed by atoms with Gasteiger partial charge in [0.05, 0.1) is 11.3 Å². The molecule has 5 nitrogen and oxygen atoms in total. The van der Waals surface area contributed by atoms with Crippen molar-refractivity contribution in [3.63, 3.8) is 0 Å². The second kappa shape index (κ2) is 5.62. The first kappa shape index (κ1) is 11.9. The number of rotatable bonds is 4. The Bertz CT molecular complexity index is 642. The van der Waals surface area contributed by atoms with Crippen molar-refractivity contribution in [3.8, 4) is 11.5 Å². The maximum atomic E-state index is 5.56. The summed E-state index contributed by atoms with van der Waals surface area (Å²) < 4.78 is 5.56. The summed E-state index contributed by atoms with van der Waals surface area (Å²) in [5, 5.41) is 8.53. The Morgan fingerprint density at radius 3 is 2.84 bits per heavy atom. The zero-order chi connectivity index (χ0) is 12.9. The van der Waals surface area contributed by atoms with E-state index in [0.29, 0.717) is 16.9 Å². The molecule has 0 saturated heterocycles. The Morgan fingerprint density at radius 1 is 1.05 bits per heavy atom. The Kier molecular flexibility index (Phi) is 3.51. The SMILES string of the molecule is c1ccc(CSc2nnc(-c3cccnc3)o2)nc1. The highest BCUT2D eigenvalue weighted by Crippen LogP contribution is 2.24. The first-order chi connectivity index (χ1) is 9.42. The third kappa shape index (κ3) is 2.97. The van der Waals surface area contributed by atoms with Gasteiger partial charge in [0.25, 0.3) is 5.22 Å². The smallest absolute Gasteiger partial charge is 0.277 e. The third-order valence-electron chi connectivity index (χ3n) is 2.38. The monoisotopic (exact) mass is 270 g/mol. The second-order valence-corrected chi connectivity index (χ2v) is 4.65. The predicted molar refractivity (Wildman–Crippen MR) is 71.3 cm³/mol. The highest BCUT2D eigenvalue weighted by Gasteiger charge is 2.09. The Hall–Kier alpha value is -2.21. The Balaban J connectivity index is 1.69. The van der Waals surface area contributed by atoms with Crippen LogP contribution >= 0.6 is 11.8 Å². The fraction of sp³-hybridized carbons (Fsp3) is 0.0769. The maximum Gasteiger partial charge on any atom is 0.277 e. The number of aromatic nitrogens is 4. The molecule has 0 atom stereocenters. The molecule has 0 aliphatic rings. The summed E-state index contributed by atoms with van der Waals surface area (Å²) in [7, 11) is 0. The van der Waals surface area contributed by atoms with E-state index in [4.69, 9.17) is 4.42 Å². The lowest BCUT2D eigenvalue weighted by Gasteiger charge is -1.95. The van der Waals surface area contributed by atoms with Gasteiger partial charge in [-0.1, -0.05) is 17.8 Å². The third-order valence-corrected chi connectivity index (χ3v) is 3.24. The van der Waals surface area contributed by atoms with E-state index in [2.05, 4.69) is 20.2 Å². The molecular formula is C13H10N4OS. The minimum Gasteiger partial charge on any atom is -0.411 e. The minimum absolute atomic E-state index is 0.483. The molecular weight excluding hydrogens is 260 g/mol. The maximum absolute atomic E-state index is 5.56. The molecule has 0 aliphatic heterocycles. The average Bonchev–Trinajstić information content (AvgIpc) is 2.96.